The second-order valence-corrected chi connectivity index (χ2v) is 9.53. The van der Waals surface area contributed by atoms with Gasteiger partial charge in [-0.15, -0.1) is 11.8 Å². The molecule has 0 unspecified atom stereocenters. The number of aliphatic carboxylic acids is 1. The van der Waals surface area contributed by atoms with Crippen molar-refractivity contribution in [1.29, 1.82) is 0 Å². The molecule has 32 heavy (non-hydrogen) atoms. The van der Waals surface area contributed by atoms with Crippen molar-refractivity contribution < 1.29 is 34.4 Å². The molecule has 1 aliphatic rings. The third-order valence-corrected chi connectivity index (χ3v) is 6.53. The lowest BCUT2D eigenvalue weighted by Gasteiger charge is -2.17. The predicted molar refractivity (Wildman–Crippen MR) is 126 cm³/mol. The van der Waals surface area contributed by atoms with Crippen molar-refractivity contribution in [2.45, 2.75) is 84.3 Å². The summed E-state index contributed by atoms with van der Waals surface area (Å²) < 4.78 is 10.6. The van der Waals surface area contributed by atoms with Gasteiger partial charge in [-0.05, 0) is 25.2 Å². The van der Waals surface area contributed by atoms with Crippen molar-refractivity contribution in [3.05, 3.63) is 22.8 Å². The van der Waals surface area contributed by atoms with Crippen LogP contribution in [-0.4, -0.2) is 58.4 Å². The van der Waals surface area contributed by atoms with E-state index in [2.05, 4.69) is 13.8 Å². The first-order valence-corrected chi connectivity index (χ1v) is 12.7. The molecule has 1 aliphatic carbocycles. The van der Waals surface area contributed by atoms with Crippen molar-refractivity contribution in [3.63, 3.8) is 0 Å². The minimum absolute atomic E-state index is 0.255. The zero-order valence-corrected chi connectivity index (χ0v) is 20.4. The Balaban J connectivity index is 2.77. The molecule has 0 aromatic carbocycles. The van der Waals surface area contributed by atoms with Gasteiger partial charge in [-0.1, -0.05) is 52.2 Å². The number of carbonyl (C=O) groups is 2. The van der Waals surface area contributed by atoms with Crippen molar-refractivity contribution >= 4 is 23.7 Å². The van der Waals surface area contributed by atoms with Gasteiger partial charge in [0.25, 0.3) is 0 Å². The van der Waals surface area contributed by atoms with Crippen LogP contribution in [0.4, 0.5) is 0 Å². The van der Waals surface area contributed by atoms with Gasteiger partial charge in [0.05, 0.1) is 12.2 Å². The molecule has 7 nitrogen and oxygen atoms in total. The van der Waals surface area contributed by atoms with E-state index in [1.54, 1.807) is 6.08 Å². The van der Waals surface area contributed by atoms with Crippen molar-refractivity contribution in [2.24, 2.45) is 11.8 Å². The SMILES string of the molecule is CCCC[C@@H](C)C[C@H](O)C=C[C@@H]1C(SCCCOCC(=O)O)=C(OC(=O)CCC)C[C@H]1O. The Bertz CT molecular complexity index is 632. The number of hydrogen-bond donors (Lipinski definition) is 3. The third-order valence-electron chi connectivity index (χ3n) is 5.23. The molecule has 1 rings (SSSR count). The highest BCUT2D eigenvalue weighted by molar-refractivity contribution is 8.03. The topological polar surface area (TPSA) is 113 Å². The zero-order chi connectivity index (χ0) is 23.9. The van der Waals surface area contributed by atoms with Crippen LogP contribution in [0.5, 0.6) is 0 Å². The van der Waals surface area contributed by atoms with Gasteiger partial charge in [-0.25, -0.2) is 4.79 Å². The van der Waals surface area contributed by atoms with Crippen LogP contribution >= 0.6 is 11.8 Å². The molecule has 0 bridgehead atoms. The molecule has 8 heteroatoms. The number of aliphatic hydroxyl groups excluding tert-OH is 2. The quantitative estimate of drug-likeness (QED) is 0.163. The van der Waals surface area contributed by atoms with Crippen LogP contribution in [-0.2, 0) is 19.1 Å². The number of carboxylic acid groups (broad SMARTS) is 1. The minimum atomic E-state index is -1.00. The van der Waals surface area contributed by atoms with E-state index in [1.807, 2.05) is 13.0 Å². The number of thioether (sulfide) groups is 1. The van der Waals surface area contributed by atoms with E-state index in [0.717, 1.165) is 24.2 Å². The average Bonchev–Trinajstić information content (AvgIpc) is 3.01. The smallest absolute Gasteiger partial charge is 0.329 e. The van der Waals surface area contributed by atoms with Gasteiger partial charge in [-0.3, -0.25) is 4.79 Å². The number of unbranched alkanes of at least 4 members (excludes halogenated alkanes) is 1. The van der Waals surface area contributed by atoms with Crippen LogP contribution in [0.1, 0.15) is 72.1 Å². The number of hydrogen-bond acceptors (Lipinski definition) is 7. The third kappa shape index (κ3) is 11.5. The number of esters is 1. The summed E-state index contributed by atoms with van der Waals surface area (Å²) in [6.45, 7) is 6.18. The highest BCUT2D eigenvalue weighted by atomic mass is 32.2. The first-order valence-electron chi connectivity index (χ1n) is 11.7. The summed E-state index contributed by atoms with van der Waals surface area (Å²) in [7, 11) is 0. The summed E-state index contributed by atoms with van der Waals surface area (Å²) >= 11 is 1.48. The van der Waals surface area contributed by atoms with Gasteiger partial charge >= 0.3 is 11.9 Å². The molecule has 0 saturated carbocycles. The Labute approximate surface area is 196 Å². The summed E-state index contributed by atoms with van der Waals surface area (Å²) in [5, 5.41) is 29.7. The molecule has 4 atom stereocenters. The lowest BCUT2D eigenvalue weighted by Crippen LogP contribution is -2.15. The second kappa shape index (κ2) is 16.3. The van der Waals surface area contributed by atoms with Gasteiger partial charge in [0.2, 0.25) is 0 Å². The highest BCUT2D eigenvalue weighted by Gasteiger charge is 2.34. The molecule has 0 spiro atoms. The van der Waals surface area contributed by atoms with Crippen LogP contribution in [0.15, 0.2) is 22.8 Å². The standard InChI is InChI=1S/C24H40O7S/c1-4-6-9-17(3)14-18(25)10-11-19-20(26)15-21(31-23(29)8-5-2)24(19)32-13-7-12-30-16-22(27)28/h10-11,17-20,25-26H,4-9,12-16H2,1-3H3,(H,27,28)/t17-,18-,19+,20-/m1/s1. The summed E-state index contributed by atoms with van der Waals surface area (Å²) in [5.74, 6) is -0.108. The Morgan fingerprint density at radius 3 is 2.66 bits per heavy atom. The molecule has 0 aromatic heterocycles. The van der Waals surface area contributed by atoms with Crippen LogP contribution in [0, 0.1) is 11.8 Å². The van der Waals surface area contributed by atoms with Gasteiger partial charge in [0, 0.05) is 36.0 Å². The van der Waals surface area contributed by atoms with Gasteiger partial charge in [0.1, 0.15) is 12.4 Å². The molecule has 184 valence electrons. The fraction of sp³-hybridized carbons (Fsp3) is 0.750. The number of rotatable bonds is 17. The molecular weight excluding hydrogens is 432 g/mol. The van der Waals surface area contributed by atoms with E-state index in [1.165, 1.54) is 11.8 Å². The largest absolute Gasteiger partial charge is 0.480 e. The van der Waals surface area contributed by atoms with E-state index in [9.17, 15) is 19.8 Å². The molecule has 3 N–H and O–H groups in total. The average molecular weight is 473 g/mol. The molecule has 0 fully saturated rings. The Morgan fingerprint density at radius 1 is 1.25 bits per heavy atom. The summed E-state index contributed by atoms with van der Waals surface area (Å²) in [5.41, 5.74) is 0. The van der Waals surface area contributed by atoms with Crippen LogP contribution in [0.25, 0.3) is 0 Å². The van der Waals surface area contributed by atoms with Gasteiger partial charge < -0.3 is 24.8 Å². The highest BCUT2D eigenvalue weighted by Crippen LogP contribution is 2.41. The lowest BCUT2D eigenvalue weighted by molar-refractivity contribution is -0.142. The predicted octanol–water partition coefficient (Wildman–Crippen LogP) is 4.28. The fourth-order valence-electron chi connectivity index (χ4n) is 3.57. The lowest BCUT2D eigenvalue weighted by atomic mass is 9.96. The Hall–Kier alpha value is -1.35. The van der Waals surface area contributed by atoms with Crippen molar-refractivity contribution in [2.75, 3.05) is 19.0 Å². The fourth-order valence-corrected chi connectivity index (χ4v) is 4.76. The van der Waals surface area contributed by atoms with Crippen LogP contribution in [0.2, 0.25) is 0 Å². The van der Waals surface area contributed by atoms with E-state index in [-0.39, 0.29) is 24.9 Å². The first-order chi connectivity index (χ1) is 15.3. The first kappa shape index (κ1) is 28.7. The second-order valence-electron chi connectivity index (χ2n) is 8.39. The molecule has 0 heterocycles. The van der Waals surface area contributed by atoms with Crippen LogP contribution < -0.4 is 0 Å². The molecule has 0 amide bonds. The molecule has 0 aliphatic heterocycles. The maximum atomic E-state index is 12.0. The minimum Gasteiger partial charge on any atom is -0.480 e. The maximum Gasteiger partial charge on any atom is 0.329 e. The van der Waals surface area contributed by atoms with E-state index < -0.39 is 18.2 Å². The van der Waals surface area contributed by atoms with Gasteiger partial charge in [0.15, 0.2) is 0 Å². The van der Waals surface area contributed by atoms with Crippen molar-refractivity contribution in [3.8, 4) is 0 Å². The normalized spacial score (nSPS) is 20.7. The van der Waals surface area contributed by atoms with Crippen LogP contribution in [0.3, 0.4) is 0 Å². The maximum absolute atomic E-state index is 12.0. The summed E-state index contributed by atoms with van der Waals surface area (Å²) in [6.07, 6.45) is 8.17. The molecule has 0 aromatic rings. The number of aliphatic hydroxyl groups is 2. The summed E-state index contributed by atoms with van der Waals surface area (Å²) in [6, 6.07) is 0. The van der Waals surface area contributed by atoms with Gasteiger partial charge in [-0.2, -0.15) is 0 Å². The Kier molecular flexibility index (Phi) is 14.6. The number of carboxylic acids is 1. The Morgan fingerprint density at radius 2 is 2.00 bits per heavy atom. The van der Waals surface area contributed by atoms with Crippen molar-refractivity contribution in [1.82, 2.24) is 0 Å². The van der Waals surface area contributed by atoms with E-state index in [4.69, 9.17) is 14.6 Å². The number of carbonyl (C=O) groups excluding carboxylic acids is 1. The van der Waals surface area contributed by atoms with E-state index in [0.29, 0.717) is 49.7 Å². The molecular formula is C24H40O7S. The number of ether oxygens (including phenoxy) is 2. The zero-order valence-electron chi connectivity index (χ0n) is 19.6. The molecule has 0 saturated heterocycles. The summed E-state index contributed by atoms with van der Waals surface area (Å²) in [4.78, 5) is 23.3. The monoisotopic (exact) mass is 472 g/mol. The van der Waals surface area contributed by atoms with E-state index >= 15 is 0 Å². The molecule has 0 radical (unpaired) electrons.